The second kappa shape index (κ2) is 4.85. The van der Waals surface area contributed by atoms with Crippen molar-refractivity contribution in [3.63, 3.8) is 0 Å². The highest BCUT2D eigenvalue weighted by Crippen LogP contribution is 2.22. The van der Waals surface area contributed by atoms with Crippen molar-refractivity contribution in [1.82, 2.24) is 20.4 Å². The number of para-hydroxylation sites is 1. The van der Waals surface area contributed by atoms with Gasteiger partial charge in [0.15, 0.2) is 0 Å². The maximum atomic E-state index is 11.0. The molecule has 0 radical (unpaired) electrons. The predicted octanol–water partition coefficient (Wildman–Crippen LogP) is 1.11. The number of rotatable bonds is 3. The van der Waals surface area contributed by atoms with Gasteiger partial charge < -0.3 is 10.6 Å². The van der Waals surface area contributed by atoms with E-state index < -0.39 is 0 Å². The Labute approximate surface area is 111 Å². The molecule has 0 atom stereocenters. The van der Waals surface area contributed by atoms with E-state index >= 15 is 0 Å². The van der Waals surface area contributed by atoms with Gasteiger partial charge in [-0.1, -0.05) is 18.2 Å². The Morgan fingerprint density at radius 1 is 1.37 bits per heavy atom. The van der Waals surface area contributed by atoms with E-state index in [-0.39, 0.29) is 5.91 Å². The lowest BCUT2D eigenvalue weighted by atomic mass is 10.2. The van der Waals surface area contributed by atoms with Crippen molar-refractivity contribution in [2.45, 2.75) is 26.6 Å². The van der Waals surface area contributed by atoms with Crippen LogP contribution < -0.4 is 10.6 Å². The first-order chi connectivity index (χ1) is 9.25. The molecule has 19 heavy (non-hydrogen) atoms. The number of nitrogens with one attached hydrogen (secondary N) is 2. The first-order valence-corrected chi connectivity index (χ1v) is 6.36. The summed E-state index contributed by atoms with van der Waals surface area (Å²) in [6, 6.07) is 10.1. The summed E-state index contributed by atoms with van der Waals surface area (Å²) in [6.45, 7) is 3.64. The van der Waals surface area contributed by atoms with Crippen molar-refractivity contribution in [2.24, 2.45) is 0 Å². The Bertz CT molecular complexity index is 603. The summed E-state index contributed by atoms with van der Waals surface area (Å²) in [5.74, 6) is -0.0334. The Kier molecular flexibility index (Phi) is 3.05. The molecule has 1 aliphatic rings. The molecule has 2 aromatic rings. The van der Waals surface area contributed by atoms with Gasteiger partial charge in [-0.05, 0) is 12.1 Å². The molecule has 0 unspecified atom stereocenters. The molecule has 2 N–H and O–H groups in total. The zero-order valence-corrected chi connectivity index (χ0v) is 10.8. The number of carbonyl (C=O) groups is 1. The lowest BCUT2D eigenvalue weighted by Crippen LogP contribution is -2.20. The SMILES string of the molecule is CC(=O)NCc1nn(-c2ccccc2)c2c1CNC2. The van der Waals surface area contributed by atoms with Crippen LogP contribution in [0, 0.1) is 0 Å². The van der Waals surface area contributed by atoms with Crippen LogP contribution in [0.2, 0.25) is 0 Å². The molecule has 5 heteroatoms. The fourth-order valence-corrected chi connectivity index (χ4v) is 2.36. The zero-order valence-electron chi connectivity index (χ0n) is 10.8. The van der Waals surface area contributed by atoms with Gasteiger partial charge in [0.1, 0.15) is 0 Å². The van der Waals surface area contributed by atoms with E-state index in [4.69, 9.17) is 0 Å². The molecule has 98 valence electrons. The average molecular weight is 256 g/mol. The number of aromatic nitrogens is 2. The number of benzene rings is 1. The number of carbonyl (C=O) groups excluding carboxylic acids is 1. The summed E-state index contributed by atoms with van der Waals surface area (Å²) >= 11 is 0. The second-order valence-electron chi connectivity index (χ2n) is 4.63. The van der Waals surface area contributed by atoms with Crippen molar-refractivity contribution >= 4 is 5.91 Å². The topological polar surface area (TPSA) is 59.0 Å². The molecule has 2 heterocycles. The Balaban J connectivity index is 1.98. The Morgan fingerprint density at radius 2 is 2.16 bits per heavy atom. The molecular weight excluding hydrogens is 240 g/mol. The highest BCUT2D eigenvalue weighted by molar-refractivity contribution is 5.72. The zero-order chi connectivity index (χ0) is 13.2. The highest BCUT2D eigenvalue weighted by atomic mass is 16.1. The third kappa shape index (κ3) is 2.24. The summed E-state index contributed by atoms with van der Waals surface area (Å²) in [7, 11) is 0. The van der Waals surface area contributed by atoms with Crippen LogP contribution >= 0.6 is 0 Å². The summed E-state index contributed by atoms with van der Waals surface area (Å²) in [4.78, 5) is 11.0. The molecule has 0 spiro atoms. The summed E-state index contributed by atoms with van der Waals surface area (Å²) in [5.41, 5.74) is 4.39. The fourth-order valence-electron chi connectivity index (χ4n) is 2.36. The van der Waals surface area contributed by atoms with Gasteiger partial charge in [-0.3, -0.25) is 4.79 Å². The lowest BCUT2D eigenvalue weighted by Gasteiger charge is -2.05. The number of nitrogens with zero attached hydrogens (tertiary/aromatic N) is 2. The molecule has 0 bridgehead atoms. The molecule has 5 nitrogen and oxygen atoms in total. The van der Waals surface area contributed by atoms with Crippen LogP contribution in [-0.2, 0) is 24.4 Å². The third-order valence-electron chi connectivity index (χ3n) is 3.27. The smallest absolute Gasteiger partial charge is 0.217 e. The first kappa shape index (κ1) is 11.9. The van der Waals surface area contributed by atoms with E-state index in [0.29, 0.717) is 6.54 Å². The van der Waals surface area contributed by atoms with E-state index in [0.717, 1.165) is 24.5 Å². The summed E-state index contributed by atoms with van der Waals surface area (Å²) < 4.78 is 1.96. The second-order valence-corrected chi connectivity index (χ2v) is 4.63. The van der Waals surface area contributed by atoms with Gasteiger partial charge in [0.05, 0.1) is 23.6 Å². The molecule has 3 rings (SSSR count). The van der Waals surface area contributed by atoms with Gasteiger partial charge in [-0.2, -0.15) is 5.10 Å². The van der Waals surface area contributed by atoms with Gasteiger partial charge >= 0.3 is 0 Å². The summed E-state index contributed by atoms with van der Waals surface area (Å²) in [6.07, 6.45) is 0. The maximum Gasteiger partial charge on any atom is 0.217 e. The van der Waals surface area contributed by atoms with E-state index in [1.165, 1.54) is 18.2 Å². The van der Waals surface area contributed by atoms with E-state index in [2.05, 4.69) is 15.7 Å². The maximum absolute atomic E-state index is 11.0. The molecule has 0 aliphatic carbocycles. The largest absolute Gasteiger partial charge is 0.351 e. The van der Waals surface area contributed by atoms with Gasteiger partial charge in [0.2, 0.25) is 5.91 Å². The Morgan fingerprint density at radius 3 is 2.89 bits per heavy atom. The number of hydrogen-bond donors (Lipinski definition) is 2. The standard InChI is InChI=1S/C14H16N4O/c1-10(19)16-8-13-12-7-15-9-14(12)18(17-13)11-5-3-2-4-6-11/h2-6,15H,7-9H2,1H3,(H,16,19). The number of amides is 1. The van der Waals surface area contributed by atoms with E-state index in [1.54, 1.807) is 0 Å². The molecule has 0 fully saturated rings. The fraction of sp³-hybridized carbons (Fsp3) is 0.286. The number of hydrogen-bond acceptors (Lipinski definition) is 3. The van der Waals surface area contributed by atoms with Gasteiger partial charge in [0, 0.05) is 25.6 Å². The highest BCUT2D eigenvalue weighted by Gasteiger charge is 2.22. The van der Waals surface area contributed by atoms with Gasteiger partial charge in [-0.25, -0.2) is 4.68 Å². The minimum Gasteiger partial charge on any atom is -0.351 e. The van der Waals surface area contributed by atoms with Crippen LogP contribution in [0.1, 0.15) is 23.9 Å². The molecule has 1 aliphatic heterocycles. The normalized spacial score (nSPS) is 13.3. The van der Waals surface area contributed by atoms with Crippen molar-refractivity contribution in [2.75, 3.05) is 0 Å². The Hall–Kier alpha value is -2.14. The van der Waals surface area contributed by atoms with Crippen molar-refractivity contribution < 1.29 is 4.79 Å². The predicted molar refractivity (Wildman–Crippen MR) is 71.6 cm³/mol. The molecule has 1 aromatic heterocycles. The monoisotopic (exact) mass is 256 g/mol. The van der Waals surface area contributed by atoms with Crippen LogP contribution in [0.15, 0.2) is 30.3 Å². The van der Waals surface area contributed by atoms with Gasteiger partial charge in [0.25, 0.3) is 0 Å². The van der Waals surface area contributed by atoms with Crippen LogP contribution in [0.25, 0.3) is 5.69 Å². The quantitative estimate of drug-likeness (QED) is 0.865. The van der Waals surface area contributed by atoms with Crippen LogP contribution in [0.4, 0.5) is 0 Å². The molecule has 0 saturated carbocycles. The van der Waals surface area contributed by atoms with Gasteiger partial charge in [-0.15, -0.1) is 0 Å². The van der Waals surface area contributed by atoms with E-state index in [9.17, 15) is 4.79 Å². The van der Waals surface area contributed by atoms with E-state index in [1.807, 2.05) is 35.0 Å². The molecule has 0 saturated heterocycles. The molecular formula is C14H16N4O. The van der Waals surface area contributed by atoms with Crippen LogP contribution in [0.5, 0.6) is 0 Å². The van der Waals surface area contributed by atoms with Crippen molar-refractivity contribution in [1.29, 1.82) is 0 Å². The minimum atomic E-state index is -0.0334. The number of fused-ring (bicyclic) bond motifs is 1. The lowest BCUT2D eigenvalue weighted by molar-refractivity contribution is -0.119. The third-order valence-corrected chi connectivity index (χ3v) is 3.27. The minimum absolute atomic E-state index is 0.0334. The van der Waals surface area contributed by atoms with Crippen molar-refractivity contribution in [3.8, 4) is 5.69 Å². The molecule has 1 aromatic carbocycles. The summed E-state index contributed by atoms with van der Waals surface area (Å²) in [5, 5.41) is 10.8. The average Bonchev–Trinajstić information content (AvgIpc) is 2.99. The van der Waals surface area contributed by atoms with Crippen LogP contribution in [-0.4, -0.2) is 15.7 Å². The van der Waals surface area contributed by atoms with Crippen LogP contribution in [0.3, 0.4) is 0 Å². The van der Waals surface area contributed by atoms with Crippen molar-refractivity contribution in [3.05, 3.63) is 47.3 Å². The molecule has 1 amide bonds. The first-order valence-electron chi connectivity index (χ1n) is 6.36.